The number of pyridine rings is 1. The van der Waals surface area contributed by atoms with E-state index in [0.29, 0.717) is 4.57 Å². The van der Waals surface area contributed by atoms with Crippen LogP contribution in [-0.4, -0.2) is 33.9 Å². The van der Waals surface area contributed by atoms with E-state index in [9.17, 15) is 31.1 Å². The quantitative estimate of drug-likeness (QED) is 0.513. The van der Waals surface area contributed by atoms with Gasteiger partial charge in [-0.05, 0) is 13.8 Å². The first-order valence-corrected chi connectivity index (χ1v) is 10.3. The molecule has 0 unspecified atom stereocenters. The third kappa shape index (κ3) is 3.99. The molecule has 0 spiro atoms. The molecule has 3 aromatic rings. The Kier molecular flexibility index (Phi) is 6.05. The molecule has 1 N–H and O–H groups in total. The highest BCUT2D eigenvalue weighted by molar-refractivity contribution is 5.88. The Morgan fingerprint density at radius 2 is 1.91 bits per heavy atom. The third-order valence-corrected chi connectivity index (χ3v) is 5.95. The van der Waals surface area contributed by atoms with Crippen LogP contribution in [0.4, 0.5) is 32.2 Å². The number of rotatable bonds is 5. The van der Waals surface area contributed by atoms with Crippen molar-refractivity contribution >= 4 is 16.7 Å². The van der Waals surface area contributed by atoms with Crippen molar-refractivity contribution in [2.75, 3.05) is 18.5 Å². The number of anilines is 1. The fraction of sp³-hybridized carbons (Fsp3) is 0.409. The Labute approximate surface area is 189 Å². The van der Waals surface area contributed by atoms with Gasteiger partial charge in [0, 0.05) is 30.9 Å². The van der Waals surface area contributed by atoms with Gasteiger partial charge in [0.2, 0.25) is 0 Å². The molecule has 0 saturated carbocycles. The normalized spacial score (nSPS) is 19.7. The fourth-order valence-corrected chi connectivity index (χ4v) is 4.12. The molecule has 0 radical (unpaired) electrons. The second-order valence-electron chi connectivity index (χ2n) is 8.15. The topological polar surface area (TPSA) is 69.0 Å². The van der Waals surface area contributed by atoms with Gasteiger partial charge >= 0.3 is 6.18 Å². The molecule has 2 atom stereocenters. The van der Waals surface area contributed by atoms with Gasteiger partial charge in [-0.25, -0.2) is 23.1 Å². The summed E-state index contributed by atoms with van der Waals surface area (Å²) in [6.07, 6.45) is -7.22. The van der Waals surface area contributed by atoms with E-state index in [1.165, 1.54) is 26.0 Å². The number of nitrogens with one attached hydrogen (secondary N) is 1. The molecule has 0 amide bonds. The molecule has 1 aliphatic rings. The minimum Gasteiger partial charge on any atom is -0.379 e. The molecule has 1 aromatic carbocycles. The number of hydrogen-bond acceptors (Lipinski definition) is 5. The minimum absolute atomic E-state index is 0.0295. The Balaban J connectivity index is 1.84. The van der Waals surface area contributed by atoms with Crippen LogP contribution in [0.25, 0.3) is 10.9 Å². The number of ether oxygens (including phenoxy) is 1. The van der Waals surface area contributed by atoms with E-state index in [4.69, 9.17) is 4.74 Å². The van der Waals surface area contributed by atoms with Crippen molar-refractivity contribution in [1.82, 2.24) is 14.5 Å². The van der Waals surface area contributed by atoms with E-state index < -0.39 is 54.2 Å². The van der Waals surface area contributed by atoms with Crippen LogP contribution in [0, 0.1) is 12.7 Å². The van der Waals surface area contributed by atoms with Crippen LogP contribution in [0.1, 0.15) is 42.8 Å². The number of aryl methyl sites for hydroxylation is 1. The maximum atomic E-state index is 14.6. The number of fused-ring (bicyclic) bond motifs is 1. The first-order valence-electron chi connectivity index (χ1n) is 10.3. The molecular weight excluding hydrogens is 466 g/mol. The van der Waals surface area contributed by atoms with Gasteiger partial charge in [-0.2, -0.15) is 13.2 Å². The molecule has 3 heterocycles. The van der Waals surface area contributed by atoms with Crippen LogP contribution in [0.2, 0.25) is 0 Å². The van der Waals surface area contributed by atoms with Crippen molar-refractivity contribution in [3.8, 4) is 0 Å². The molecule has 0 bridgehead atoms. The van der Waals surface area contributed by atoms with E-state index in [1.54, 1.807) is 0 Å². The number of alkyl halides is 5. The van der Waals surface area contributed by atoms with Crippen molar-refractivity contribution in [2.45, 2.75) is 44.5 Å². The Bertz CT molecular complexity index is 1280. The SMILES string of the molecule is Cc1nc(N[C@H](C)c2cccc(C(F)F)c2F)c2cn([C@@]3(C(F)(F)F)CCOC3)c(=O)cc2n1. The van der Waals surface area contributed by atoms with Crippen LogP contribution in [0.3, 0.4) is 0 Å². The monoisotopic (exact) mass is 486 g/mol. The Morgan fingerprint density at radius 3 is 2.53 bits per heavy atom. The summed E-state index contributed by atoms with van der Waals surface area (Å²) in [6.45, 7) is 2.12. The number of nitrogens with zero attached hydrogens (tertiary/aromatic N) is 3. The Morgan fingerprint density at radius 1 is 1.21 bits per heavy atom. The van der Waals surface area contributed by atoms with Crippen LogP contribution in [0.15, 0.2) is 35.3 Å². The smallest absolute Gasteiger partial charge is 0.379 e. The lowest BCUT2D eigenvalue weighted by Gasteiger charge is -2.32. The van der Waals surface area contributed by atoms with Gasteiger partial charge < -0.3 is 10.1 Å². The molecule has 34 heavy (non-hydrogen) atoms. The number of hydrogen-bond donors (Lipinski definition) is 1. The molecule has 12 heteroatoms. The lowest BCUT2D eigenvalue weighted by atomic mass is 9.97. The average Bonchev–Trinajstić information content (AvgIpc) is 3.24. The van der Waals surface area contributed by atoms with Crippen molar-refractivity contribution in [3.05, 3.63) is 63.6 Å². The predicted octanol–water partition coefficient (Wildman–Crippen LogP) is 5.03. The molecular formula is C22H20F6N4O2. The standard InChI is InChI=1S/C22H20F6N4O2/c1-11(13-4-3-5-14(18(13)23)19(24)25)29-20-15-9-32(17(33)8-16(15)30-12(2)31-20)21(22(26,27)28)6-7-34-10-21/h3-5,8-9,11,19H,6-7,10H2,1-2H3,(H,29,30,31)/t11-,21+/m1/s1. The lowest BCUT2D eigenvalue weighted by Crippen LogP contribution is -2.52. The summed E-state index contributed by atoms with van der Waals surface area (Å²) in [4.78, 5) is 21.0. The predicted molar refractivity (Wildman–Crippen MR) is 111 cm³/mol. The highest BCUT2D eigenvalue weighted by Gasteiger charge is 2.59. The number of benzene rings is 1. The largest absolute Gasteiger partial charge is 0.414 e. The number of halogens is 6. The van der Waals surface area contributed by atoms with E-state index in [0.717, 1.165) is 18.3 Å². The first-order chi connectivity index (χ1) is 15.9. The van der Waals surface area contributed by atoms with Crippen LogP contribution < -0.4 is 10.9 Å². The highest BCUT2D eigenvalue weighted by atomic mass is 19.4. The van der Waals surface area contributed by atoms with Gasteiger partial charge in [-0.3, -0.25) is 9.36 Å². The summed E-state index contributed by atoms with van der Waals surface area (Å²) in [5.41, 5.74) is -4.22. The zero-order chi connectivity index (χ0) is 24.8. The van der Waals surface area contributed by atoms with Crippen molar-refractivity contribution in [1.29, 1.82) is 0 Å². The average molecular weight is 486 g/mol. The lowest BCUT2D eigenvalue weighted by molar-refractivity contribution is -0.214. The highest BCUT2D eigenvalue weighted by Crippen LogP contribution is 2.43. The van der Waals surface area contributed by atoms with Gasteiger partial charge in [0.25, 0.3) is 12.0 Å². The second kappa shape index (κ2) is 8.57. The van der Waals surface area contributed by atoms with Gasteiger partial charge in [0.1, 0.15) is 17.5 Å². The van der Waals surface area contributed by atoms with Crippen molar-refractivity contribution in [3.63, 3.8) is 0 Å². The zero-order valence-corrected chi connectivity index (χ0v) is 18.1. The zero-order valence-electron chi connectivity index (χ0n) is 18.1. The van der Waals surface area contributed by atoms with Gasteiger partial charge in [0.05, 0.1) is 29.1 Å². The van der Waals surface area contributed by atoms with Gasteiger partial charge in [-0.15, -0.1) is 0 Å². The summed E-state index contributed by atoms with van der Waals surface area (Å²) in [5, 5.41) is 2.96. The van der Waals surface area contributed by atoms with Crippen LogP contribution in [-0.2, 0) is 10.3 Å². The summed E-state index contributed by atoms with van der Waals surface area (Å²) in [6, 6.07) is 3.66. The van der Waals surface area contributed by atoms with Crippen molar-refractivity contribution < 1.29 is 31.1 Å². The molecule has 1 fully saturated rings. The van der Waals surface area contributed by atoms with E-state index in [1.807, 2.05) is 0 Å². The summed E-state index contributed by atoms with van der Waals surface area (Å²) < 4.78 is 88.5. The Hall–Kier alpha value is -3.15. The van der Waals surface area contributed by atoms with E-state index in [-0.39, 0.29) is 34.7 Å². The summed E-state index contributed by atoms with van der Waals surface area (Å²) in [7, 11) is 0. The molecule has 1 saturated heterocycles. The summed E-state index contributed by atoms with van der Waals surface area (Å²) in [5.74, 6) is -0.860. The first kappa shape index (κ1) is 24.0. The van der Waals surface area contributed by atoms with Crippen molar-refractivity contribution in [2.24, 2.45) is 0 Å². The number of aromatic nitrogens is 3. The van der Waals surface area contributed by atoms with Gasteiger partial charge in [0.15, 0.2) is 5.54 Å². The molecule has 4 rings (SSSR count). The molecule has 2 aromatic heterocycles. The summed E-state index contributed by atoms with van der Waals surface area (Å²) >= 11 is 0. The van der Waals surface area contributed by atoms with E-state index >= 15 is 0 Å². The van der Waals surface area contributed by atoms with Crippen LogP contribution >= 0.6 is 0 Å². The molecule has 1 aliphatic heterocycles. The third-order valence-electron chi connectivity index (χ3n) is 5.95. The molecule has 0 aliphatic carbocycles. The molecule has 182 valence electrons. The minimum atomic E-state index is -4.77. The van der Waals surface area contributed by atoms with Crippen LogP contribution in [0.5, 0.6) is 0 Å². The van der Waals surface area contributed by atoms with Gasteiger partial charge in [-0.1, -0.05) is 18.2 Å². The fourth-order valence-electron chi connectivity index (χ4n) is 4.12. The maximum absolute atomic E-state index is 14.6. The maximum Gasteiger partial charge on any atom is 0.414 e. The molecule has 6 nitrogen and oxygen atoms in total. The second-order valence-corrected chi connectivity index (χ2v) is 8.15. The van der Waals surface area contributed by atoms with E-state index in [2.05, 4.69) is 15.3 Å².